The molecule has 0 aromatic heterocycles. The van der Waals surface area contributed by atoms with Crippen molar-refractivity contribution in [2.24, 2.45) is 0 Å². The Morgan fingerprint density at radius 3 is 2.62 bits per heavy atom. The van der Waals surface area contributed by atoms with Crippen molar-refractivity contribution in [3.05, 3.63) is 23.8 Å². The zero-order chi connectivity index (χ0) is 15.2. The predicted molar refractivity (Wildman–Crippen MR) is 79.5 cm³/mol. The van der Waals surface area contributed by atoms with E-state index in [1.165, 1.54) is 12.5 Å². The molecular formula is C16H23NO4. The van der Waals surface area contributed by atoms with E-state index in [-0.39, 0.29) is 11.7 Å². The average Bonchev–Trinajstić information content (AvgIpc) is 2.50. The molecule has 1 unspecified atom stereocenters. The lowest BCUT2D eigenvalue weighted by Crippen LogP contribution is -2.38. The fourth-order valence-corrected chi connectivity index (χ4v) is 2.75. The Kier molecular flexibility index (Phi) is 5.44. The number of nitrogens with zero attached hydrogens (tertiary/aromatic N) is 1. The van der Waals surface area contributed by atoms with Gasteiger partial charge < -0.3 is 14.6 Å². The Hall–Kier alpha value is -1.75. The Labute approximate surface area is 125 Å². The van der Waals surface area contributed by atoms with Crippen molar-refractivity contribution in [1.82, 2.24) is 4.90 Å². The zero-order valence-electron chi connectivity index (χ0n) is 12.7. The molecule has 1 N–H and O–H groups in total. The minimum absolute atomic E-state index is 0.0676. The molecule has 21 heavy (non-hydrogen) atoms. The van der Waals surface area contributed by atoms with E-state index in [9.17, 15) is 9.90 Å². The van der Waals surface area contributed by atoms with Gasteiger partial charge in [-0.25, -0.2) is 4.79 Å². The third kappa shape index (κ3) is 3.67. The number of piperidine rings is 1. The molecule has 0 saturated carbocycles. The van der Waals surface area contributed by atoms with E-state index in [0.717, 1.165) is 25.9 Å². The first-order valence-corrected chi connectivity index (χ1v) is 7.45. The standard InChI is InChI=1S/C16H23NO4/c1-3-21-16(19)15(17-9-5-4-6-10-17)13-8-7-12(20-2)11-14(13)18/h7-8,11,15,18H,3-6,9-10H2,1-2H3. The maximum Gasteiger partial charge on any atom is 0.328 e. The third-order valence-electron chi connectivity index (χ3n) is 3.80. The highest BCUT2D eigenvalue weighted by Crippen LogP contribution is 2.34. The highest BCUT2D eigenvalue weighted by atomic mass is 16.5. The number of phenols is 1. The average molecular weight is 293 g/mol. The molecule has 0 aliphatic carbocycles. The molecule has 0 bridgehead atoms. The van der Waals surface area contributed by atoms with Crippen LogP contribution in [0.3, 0.4) is 0 Å². The topological polar surface area (TPSA) is 59.0 Å². The maximum atomic E-state index is 12.3. The molecule has 1 aliphatic rings. The molecule has 1 heterocycles. The van der Waals surface area contributed by atoms with Gasteiger partial charge in [-0.05, 0) is 45.0 Å². The SMILES string of the molecule is CCOC(=O)C(c1ccc(OC)cc1O)N1CCCCC1. The molecule has 0 amide bonds. The fraction of sp³-hybridized carbons (Fsp3) is 0.562. The summed E-state index contributed by atoms with van der Waals surface area (Å²) in [7, 11) is 1.54. The summed E-state index contributed by atoms with van der Waals surface area (Å²) in [6, 6.07) is 4.48. The number of benzene rings is 1. The number of hydrogen-bond acceptors (Lipinski definition) is 5. The minimum Gasteiger partial charge on any atom is -0.507 e. The van der Waals surface area contributed by atoms with E-state index in [4.69, 9.17) is 9.47 Å². The van der Waals surface area contributed by atoms with Crippen molar-refractivity contribution in [2.45, 2.75) is 32.2 Å². The Morgan fingerprint density at radius 2 is 2.05 bits per heavy atom. The van der Waals surface area contributed by atoms with Gasteiger partial charge in [-0.2, -0.15) is 0 Å². The van der Waals surface area contributed by atoms with Gasteiger partial charge in [-0.15, -0.1) is 0 Å². The number of likely N-dealkylation sites (tertiary alicyclic amines) is 1. The molecule has 5 heteroatoms. The van der Waals surface area contributed by atoms with Gasteiger partial charge in [0.1, 0.15) is 17.5 Å². The third-order valence-corrected chi connectivity index (χ3v) is 3.80. The molecule has 116 valence electrons. The summed E-state index contributed by atoms with van der Waals surface area (Å²) < 4.78 is 10.3. The number of methoxy groups -OCH3 is 1. The smallest absolute Gasteiger partial charge is 0.328 e. The Balaban J connectivity index is 2.31. The predicted octanol–water partition coefficient (Wildman–Crippen LogP) is 2.49. The molecule has 1 atom stereocenters. The number of hydrogen-bond donors (Lipinski definition) is 1. The normalized spacial score (nSPS) is 17.2. The van der Waals surface area contributed by atoms with Crippen LogP contribution in [0.5, 0.6) is 11.5 Å². The summed E-state index contributed by atoms with van der Waals surface area (Å²) in [5.41, 5.74) is 0.580. The second-order valence-corrected chi connectivity index (χ2v) is 5.18. The van der Waals surface area contributed by atoms with Crippen molar-refractivity contribution < 1.29 is 19.4 Å². The summed E-state index contributed by atoms with van der Waals surface area (Å²) in [5, 5.41) is 10.2. The van der Waals surface area contributed by atoms with Gasteiger partial charge in [0.25, 0.3) is 0 Å². The number of esters is 1. The van der Waals surface area contributed by atoms with Crippen molar-refractivity contribution in [3.8, 4) is 11.5 Å². The van der Waals surface area contributed by atoms with Gasteiger partial charge >= 0.3 is 5.97 Å². The van der Waals surface area contributed by atoms with Gasteiger partial charge in [-0.1, -0.05) is 6.42 Å². The van der Waals surface area contributed by atoms with Gasteiger partial charge in [0.15, 0.2) is 0 Å². The minimum atomic E-state index is -0.545. The van der Waals surface area contributed by atoms with Crippen molar-refractivity contribution >= 4 is 5.97 Å². The summed E-state index contributed by atoms with van der Waals surface area (Å²) >= 11 is 0. The van der Waals surface area contributed by atoms with Crippen molar-refractivity contribution in [3.63, 3.8) is 0 Å². The van der Waals surface area contributed by atoms with Crippen LogP contribution in [0.1, 0.15) is 37.8 Å². The Bertz CT molecular complexity index is 483. The van der Waals surface area contributed by atoms with Crippen LogP contribution in [-0.2, 0) is 9.53 Å². The first-order valence-electron chi connectivity index (χ1n) is 7.45. The highest BCUT2D eigenvalue weighted by Gasteiger charge is 2.32. The molecule has 1 aromatic rings. The van der Waals surface area contributed by atoms with Crippen LogP contribution in [0.15, 0.2) is 18.2 Å². The second kappa shape index (κ2) is 7.31. The second-order valence-electron chi connectivity index (χ2n) is 5.18. The zero-order valence-corrected chi connectivity index (χ0v) is 12.7. The van der Waals surface area contributed by atoms with E-state index in [1.54, 1.807) is 26.2 Å². The van der Waals surface area contributed by atoms with E-state index in [0.29, 0.717) is 17.9 Å². The van der Waals surface area contributed by atoms with Gasteiger partial charge in [0.05, 0.1) is 13.7 Å². The monoisotopic (exact) mass is 293 g/mol. The van der Waals surface area contributed by atoms with Gasteiger partial charge in [0.2, 0.25) is 0 Å². The van der Waals surface area contributed by atoms with E-state index < -0.39 is 6.04 Å². The van der Waals surface area contributed by atoms with Crippen LogP contribution in [-0.4, -0.2) is 42.8 Å². The van der Waals surface area contributed by atoms with Crippen LogP contribution < -0.4 is 4.74 Å². The summed E-state index contributed by atoms with van der Waals surface area (Å²) in [6.45, 7) is 3.81. The largest absolute Gasteiger partial charge is 0.507 e. The van der Waals surface area contributed by atoms with Crippen LogP contribution >= 0.6 is 0 Å². The van der Waals surface area contributed by atoms with E-state index in [2.05, 4.69) is 4.90 Å². The number of rotatable bonds is 5. The highest BCUT2D eigenvalue weighted by molar-refractivity contribution is 5.79. The lowest BCUT2D eigenvalue weighted by Gasteiger charge is -2.33. The lowest BCUT2D eigenvalue weighted by molar-refractivity contribution is -0.150. The van der Waals surface area contributed by atoms with E-state index in [1.807, 2.05) is 0 Å². The van der Waals surface area contributed by atoms with E-state index >= 15 is 0 Å². The molecule has 1 saturated heterocycles. The van der Waals surface area contributed by atoms with Crippen LogP contribution in [0, 0.1) is 0 Å². The van der Waals surface area contributed by atoms with Crippen molar-refractivity contribution in [1.29, 1.82) is 0 Å². The number of aromatic hydroxyl groups is 1. The van der Waals surface area contributed by atoms with Gasteiger partial charge in [0, 0.05) is 11.6 Å². The first kappa shape index (κ1) is 15.6. The fourth-order valence-electron chi connectivity index (χ4n) is 2.75. The van der Waals surface area contributed by atoms with Crippen LogP contribution in [0.25, 0.3) is 0 Å². The summed E-state index contributed by atoms with van der Waals surface area (Å²) in [6.07, 6.45) is 3.31. The maximum absolute atomic E-state index is 12.3. The quantitative estimate of drug-likeness (QED) is 0.845. The number of ether oxygens (including phenoxy) is 2. The lowest BCUT2D eigenvalue weighted by atomic mass is 10.0. The molecule has 0 radical (unpaired) electrons. The molecule has 1 aliphatic heterocycles. The van der Waals surface area contributed by atoms with Crippen LogP contribution in [0.2, 0.25) is 0 Å². The van der Waals surface area contributed by atoms with Crippen molar-refractivity contribution in [2.75, 3.05) is 26.8 Å². The summed E-state index contributed by atoms with van der Waals surface area (Å²) in [5.74, 6) is 0.329. The molecular weight excluding hydrogens is 270 g/mol. The molecule has 1 fully saturated rings. The van der Waals surface area contributed by atoms with Gasteiger partial charge in [-0.3, -0.25) is 4.90 Å². The molecule has 1 aromatic carbocycles. The van der Waals surface area contributed by atoms with Crippen LogP contribution in [0.4, 0.5) is 0 Å². The first-order chi connectivity index (χ1) is 10.2. The number of carbonyl (C=O) groups is 1. The number of carbonyl (C=O) groups excluding carboxylic acids is 1. The number of phenolic OH excluding ortho intramolecular Hbond substituents is 1. The molecule has 0 spiro atoms. The molecule has 2 rings (SSSR count). The Morgan fingerprint density at radius 1 is 1.33 bits per heavy atom. The molecule has 5 nitrogen and oxygen atoms in total. The summed E-state index contributed by atoms with van der Waals surface area (Å²) in [4.78, 5) is 14.4.